The van der Waals surface area contributed by atoms with Crippen LogP contribution in [-0.4, -0.2) is 29.9 Å². The van der Waals surface area contributed by atoms with Gasteiger partial charge < -0.3 is 10.2 Å². The van der Waals surface area contributed by atoms with Gasteiger partial charge in [-0.05, 0) is 12.0 Å². The number of benzene rings is 1. The molecule has 1 N–H and O–H groups in total. The average molecular weight is 302 g/mol. The average Bonchev–Trinajstić information content (AvgIpc) is 2.97. The minimum Gasteiger partial charge on any atom is -0.350 e. The van der Waals surface area contributed by atoms with Crippen molar-refractivity contribution in [2.45, 2.75) is 26.4 Å². The Morgan fingerprint density at radius 1 is 1.33 bits per heavy atom. The Balaban J connectivity index is 1.90. The summed E-state index contributed by atoms with van der Waals surface area (Å²) in [6, 6.07) is 10.4. The molecule has 0 saturated carbocycles. The lowest BCUT2D eigenvalue weighted by molar-refractivity contribution is 0.476. The van der Waals surface area contributed by atoms with Gasteiger partial charge in [0.15, 0.2) is 5.96 Å². The summed E-state index contributed by atoms with van der Waals surface area (Å²) < 4.78 is 0. The molecule has 1 aromatic heterocycles. The van der Waals surface area contributed by atoms with E-state index in [-0.39, 0.29) is 0 Å². The molecule has 0 bridgehead atoms. The summed E-state index contributed by atoms with van der Waals surface area (Å²) in [4.78, 5) is 12.2. The number of hydrogen-bond acceptors (Lipinski definition) is 3. The molecule has 21 heavy (non-hydrogen) atoms. The molecular weight excluding hydrogens is 280 g/mol. The van der Waals surface area contributed by atoms with Crippen LogP contribution in [0.3, 0.4) is 0 Å². The highest BCUT2D eigenvalue weighted by Gasteiger charge is 2.07. The van der Waals surface area contributed by atoms with Crippen LogP contribution in [0.5, 0.6) is 0 Å². The van der Waals surface area contributed by atoms with Gasteiger partial charge in [-0.15, -0.1) is 11.3 Å². The molecule has 5 heteroatoms. The highest BCUT2D eigenvalue weighted by atomic mass is 32.1. The summed E-state index contributed by atoms with van der Waals surface area (Å²) in [5, 5.41) is 4.47. The van der Waals surface area contributed by atoms with Crippen molar-refractivity contribution in [3.8, 4) is 0 Å². The monoisotopic (exact) mass is 302 g/mol. The standard InChI is InChI=1S/C16H22N4S/c1-4-14-10-18-15(21-14)11-19-16(17-2)20(3)12-13-8-6-5-7-9-13/h5-10H,4,11-12H2,1-3H3,(H,17,19). The van der Waals surface area contributed by atoms with Crippen molar-refractivity contribution >= 4 is 17.3 Å². The van der Waals surface area contributed by atoms with E-state index >= 15 is 0 Å². The molecule has 0 unspecified atom stereocenters. The molecule has 4 nitrogen and oxygen atoms in total. The molecular formula is C16H22N4S. The van der Waals surface area contributed by atoms with Crippen LogP contribution >= 0.6 is 11.3 Å². The zero-order valence-corrected chi connectivity index (χ0v) is 13.7. The molecule has 0 aliphatic heterocycles. The zero-order valence-electron chi connectivity index (χ0n) is 12.8. The Kier molecular flexibility index (Phi) is 5.75. The Bertz CT molecular complexity index is 577. The largest absolute Gasteiger partial charge is 0.350 e. The Labute approximate surface area is 130 Å². The third-order valence-corrected chi connectivity index (χ3v) is 4.33. The van der Waals surface area contributed by atoms with E-state index in [1.165, 1.54) is 10.4 Å². The van der Waals surface area contributed by atoms with Gasteiger partial charge in [-0.25, -0.2) is 4.98 Å². The van der Waals surface area contributed by atoms with Crippen molar-refractivity contribution in [2.24, 2.45) is 4.99 Å². The number of rotatable bonds is 5. The van der Waals surface area contributed by atoms with E-state index < -0.39 is 0 Å². The molecule has 1 heterocycles. The second-order valence-electron chi connectivity index (χ2n) is 4.82. The minimum atomic E-state index is 0.719. The van der Waals surface area contributed by atoms with E-state index in [0.717, 1.165) is 30.5 Å². The quantitative estimate of drug-likeness (QED) is 0.682. The van der Waals surface area contributed by atoms with Crippen LogP contribution in [0.4, 0.5) is 0 Å². The van der Waals surface area contributed by atoms with Crippen LogP contribution in [-0.2, 0) is 19.5 Å². The fourth-order valence-electron chi connectivity index (χ4n) is 2.06. The Morgan fingerprint density at radius 2 is 2.10 bits per heavy atom. The first-order chi connectivity index (χ1) is 10.2. The lowest BCUT2D eigenvalue weighted by Gasteiger charge is -2.21. The summed E-state index contributed by atoms with van der Waals surface area (Å²) in [7, 11) is 3.85. The smallest absolute Gasteiger partial charge is 0.194 e. The number of aryl methyl sites for hydroxylation is 1. The van der Waals surface area contributed by atoms with Crippen molar-refractivity contribution in [3.05, 3.63) is 52.0 Å². The van der Waals surface area contributed by atoms with Gasteiger partial charge in [0, 0.05) is 31.7 Å². The fraction of sp³-hybridized carbons (Fsp3) is 0.375. The summed E-state index contributed by atoms with van der Waals surface area (Å²) in [6.45, 7) is 3.70. The van der Waals surface area contributed by atoms with Crippen LogP contribution < -0.4 is 5.32 Å². The lowest BCUT2D eigenvalue weighted by Crippen LogP contribution is -2.38. The second-order valence-corrected chi connectivity index (χ2v) is 6.02. The topological polar surface area (TPSA) is 40.5 Å². The van der Waals surface area contributed by atoms with Gasteiger partial charge in [-0.2, -0.15) is 0 Å². The molecule has 0 radical (unpaired) electrons. The van der Waals surface area contributed by atoms with Crippen molar-refractivity contribution in [3.63, 3.8) is 0 Å². The van der Waals surface area contributed by atoms with E-state index in [1.54, 1.807) is 11.3 Å². The van der Waals surface area contributed by atoms with Crippen molar-refractivity contribution in [1.82, 2.24) is 15.2 Å². The van der Waals surface area contributed by atoms with Crippen molar-refractivity contribution in [1.29, 1.82) is 0 Å². The maximum atomic E-state index is 4.42. The van der Waals surface area contributed by atoms with E-state index in [0.29, 0.717) is 0 Å². The molecule has 0 spiro atoms. The number of thiazole rings is 1. The van der Waals surface area contributed by atoms with Crippen molar-refractivity contribution in [2.75, 3.05) is 14.1 Å². The van der Waals surface area contributed by atoms with E-state index in [2.05, 4.69) is 51.4 Å². The van der Waals surface area contributed by atoms with Gasteiger partial charge in [0.1, 0.15) is 5.01 Å². The number of aromatic nitrogens is 1. The van der Waals surface area contributed by atoms with Gasteiger partial charge >= 0.3 is 0 Å². The third kappa shape index (κ3) is 4.56. The molecule has 2 rings (SSSR count). The van der Waals surface area contributed by atoms with Gasteiger partial charge in [0.05, 0.1) is 6.54 Å². The van der Waals surface area contributed by atoms with Crippen LogP contribution in [0, 0.1) is 0 Å². The summed E-state index contributed by atoms with van der Waals surface area (Å²) >= 11 is 1.75. The highest BCUT2D eigenvalue weighted by Crippen LogP contribution is 2.13. The lowest BCUT2D eigenvalue weighted by atomic mass is 10.2. The summed E-state index contributed by atoms with van der Waals surface area (Å²) in [6.07, 6.45) is 3.00. The first kappa shape index (κ1) is 15.5. The molecule has 112 valence electrons. The van der Waals surface area contributed by atoms with E-state index in [4.69, 9.17) is 0 Å². The molecule has 1 aromatic carbocycles. The molecule has 0 saturated heterocycles. The second kappa shape index (κ2) is 7.78. The third-order valence-electron chi connectivity index (χ3n) is 3.18. The molecule has 0 atom stereocenters. The molecule has 2 aromatic rings. The van der Waals surface area contributed by atoms with Gasteiger partial charge in [-0.3, -0.25) is 4.99 Å². The fourth-order valence-corrected chi connectivity index (χ4v) is 2.87. The minimum absolute atomic E-state index is 0.719. The van der Waals surface area contributed by atoms with Crippen molar-refractivity contribution < 1.29 is 0 Å². The highest BCUT2D eigenvalue weighted by molar-refractivity contribution is 7.11. The Hall–Kier alpha value is -1.88. The molecule has 0 aliphatic rings. The molecule has 0 amide bonds. The molecule has 0 fully saturated rings. The van der Waals surface area contributed by atoms with Crippen LogP contribution in [0.1, 0.15) is 22.4 Å². The predicted molar refractivity (Wildman–Crippen MR) is 89.6 cm³/mol. The number of aliphatic imine (C=N–C) groups is 1. The van der Waals surface area contributed by atoms with Gasteiger partial charge in [0.2, 0.25) is 0 Å². The summed E-state index contributed by atoms with van der Waals surface area (Å²) in [5.41, 5.74) is 1.27. The number of nitrogens with zero attached hydrogens (tertiary/aromatic N) is 3. The van der Waals surface area contributed by atoms with E-state index in [9.17, 15) is 0 Å². The van der Waals surface area contributed by atoms with Crippen LogP contribution in [0.2, 0.25) is 0 Å². The number of hydrogen-bond donors (Lipinski definition) is 1. The first-order valence-electron chi connectivity index (χ1n) is 7.12. The number of nitrogens with one attached hydrogen (secondary N) is 1. The van der Waals surface area contributed by atoms with Gasteiger partial charge in [-0.1, -0.05) is 37.3 Å². The normalized spacial score (nSPS) is 11.5. The van der Waals surface area contributed by atoms with Crippen LogP contribution in [0.25, 0.3) is 0 Å². The van der Waals surface area contributed by atoms with Crippen LogP contribution in [0.15, 0.2) is 41.5 Å². The number of guanidine groups is 1. The first-order valence-corrected chi connectivity index (χ1v) is 7.94. The van der Waals surface area contributed by atoms with E-state index in [1.807, 2.05) is 26.4 Å². The maximum Gasteiger partial charge on any atom is 0.194 e. The predicted octanol–water partition coefficient (Wildman–Crippen LogP) is 2.91. The molecule has 0 aliphatic carbocycles. The SMILES string of the molecule is CCc1cnc(CNC(=NC)N(C)Cc2ccccc2)s1. The zero-order chi connectivity index (χ0) is 15.1. The summed E-state index contributed by atoms with van der Waals surface area (Å²) in [5.74, 6) is 0.882. The Morgan fingerprint density at radius 3 is 2.71 bits per heavy atom. The van der Waals surface area contributed by atoms with Gasteiger partial charge in [0.25, 0.3) is 0 Å². The maximum absolute atomic E-state index is 4.42.